The highest BCUT2D eigenvalue weighted by molar-refractivity contribution is 7.89. The minimum Gasteiger partial charge on any atom is -0.330 e. The molecule has 2 heterocycles. The Hall–Kier alpha value is -1.96. The van der Waals surface area contributed by atoms with E-state index in [1.54, 1.807) is 31.0 Å². The molecule has 1 saturated heterocycles. The summed E-state index contributed by atoms with van der Waals surface area (Å²) in [5, 5.41) is 0.117. The standard InChI is InChI=1S/C20H24ClN3O3S/c1-3-23(4-2)28(26,27)19-14-15(10-11-16(19)21)20(25)24-13-7-9-18(24)17-8-5-6-12-22-17/h5-6,8,10-12,14,18H,3-4,7,9,13H2,1-2H3. The van der Waals surface area contributed by atoms with Gasteiger partial charge < -0.3 is 4.90 Å². The summed E-state index contributed by atoms with van der Waals surface area (Å²) < 4.78 is 27.1. The highest BCUT2D eigenvalue weighted by Gasteiger charge is 2.32. The lowest BCUT2D eigenvalue weighted by Crippen LogP contribution is -2.32. The van der Waals surface area contributed by atoms with E-state index < -0.39 is 10.0 Å². The summed E-state index contributed by atoms with van der Waals surface area (Å²) in [5.74, 6) is -0.208. The van der Waals surface area contributed by atoms with Crippen LogP contribution in [0.4, 0.5) is 0 Å². The van der Waals surface area contributed by atoms with Crippen molar-refractivity contribution < 1.29 is 13.2 Å². The van der Waals surface area contributed by atoms with Gasteiger partial charge in [-0.2, -0.15) is 4.31 Å². The number of hydrogen-bond donors (Lipinski definition) is 0. The van der Waals surface area contributed by atoms with E-state index in [-0.39, 0.29) is 21.9 Å². The smallest absolute Gasteiger partial charge is 0.254 e. The predicted molar refractivity (Wildman–Crippen MR) is 109 cm³/mol. The Kier molecular flexibility index (Phi) is 6.37. The molecular weight excluding hydrogens is 398 g/mol. The molecule has 1 aromatic heterocycles. The molecule has 6 nitrogen and oxygen atoms in total. The minimum atomic E-state index is -3.76. The third-order valence-corrected chi connectivity index (χ3v) is 7.58. The second-order valence-corrected chi connectivity index (χ2v) is 8.96. The Balaban J connectivity index is 1.95. The number of amides is 1. The van der Waals surface area contributed by atoms with Crippen LogP contribution in [0.1, 0.15) is 48.8 Å². The number of likely N-dealkylation sites (tertiary alicyclic amines) is 1. The Morgan fingerprint density at radius 3 is 2.64 bits per heavy atom. The Morgan fingerprint density at radius 2 is 2.00 bits per heavy atom. The first-order valence-electron chi connectivity index (χ1n) is 9.41. The maximum atomic E-state index is 13.2. The van der Waals surface area contributed by atoms with Gasteiger partial charge in [0.2, 0.25) is 10.0 Å². The second kappa shape index (κ2) is 8.59. The van der Waals surface area contributed by atoms with Gasteiger partial charge in [-0.15, -0.1) is 0 Å². The van der Waals surface area contributed by atoms with Crippen LogP contribution in [0, 0.1) is 0 Å². The molecule has 0 N–H and O–H groups in total. The fourth-order valence-electron chi connectivity index (χ4n) is 3.59. The topological polar surface area (TPSA) is 70.6 Å². The average molecular weight is 422 g/mol. The van der Waals surface area contributed by atoms with Gasteiger partial charge in [-0.25, -0.2) is 8.42 Å². The summed E-state index contributed by atoms with van der Waals surface area (Å²) in [5.41, 5.74) is 1.16. The number of aromatic nitrogens is 1. The highest BCUT2D eigenvalue weighted by Crippen LogP contribution is 2.33. The lowest BCUT2D eigenvalue weighted by Gasteiger charge is -2.25. The summed E-state index contributed by atoms with van der Waals surface area (Å²) in [6, 6.07) is 10.0. The lowest BCUT2D eigenvalue weighted by molar-refractivity contribution is 0.0732. The second-order valence-electron chi connectivity index (χ2n) is 6.65. The van der Waals surface area contributed by atoms with Gasteiger partial charge >= 0.3 is 0 Å². The summed E-state index contributed by atoms with van der Waals surface area (Å²) in [6.07, 6.45) is 3.43. The molecule has 3 rings (SSSR count). The van der Waals surface area contributed by atoms with Gasteiger partial charge in [0, 0.05) is 31.4 Å². The van der Waals surface area contributed by atoms with Gasteiger partial charge in [0.15, 0.2) is 0 Å². The Labute approximate surface area is 171 Å². The number of carbonyl (C=O) groups excluding carboxylic acids is 1. The Bertz CT molecular complexity index is 946. The summed E-state index contributed by atoms with van der Waals surface area (Å²) in [6.45, 7) is 4.82. The molecule has 1 fully saturated rings. The van der Waals surface area contributed by atoms with E-state index in [4.69, 9.17) is 11.6 Å². The fraction of sp³-hybridized carbons (Fsp3) is 0.400. The van der Waals surface area contributed by atoms with E-state index >= 15 is 0 Å². The molecule has 1 aliphatic heterocycles. The molecule has 8 heteroatoms. The maximum absolute atomic E-state index is 13.2. The van der Waals surface area contributed by atoms with Crippen molar-refractivity contribution in [1.29, 1.82) is 0 Å². The van der Waals surface area contributed by atoms with Gasteiger partial charge in [-0.1, -0.05) is 31.5 Å². The summed E-state index contributed by atoms with van der Waals surface area (Å²) >= 11 is 6.19. The largest absolute Gasteiger partial charge is 0.330 e. The van der Waals surface area contributed by atoms with Crippen LogP contribution in [0.15, 0.2) is 47.5 Å². The monoisotopic (exact) mass is 421 g/mol. The van der Waals surface area contributed by atoms with Crippen molar-refractivity contribution in [2.75, 3.05) is 19.6 Å². The van der Waals surface area contributed by atoms with Crippen molar-refractivity contribution in [3.8, 4) is 0 Å². The zero-order chi connectivity index (χ0) is 20.3. The molecular formula is C20H24ClN3O3S. The molecule has 1 aromatic carbocycles. The van der Waals surface area contributed by atoms with Crippen molar-refractivity contribution in [3.63, 3.8) is 0 Å². The molecule has 1 amide bonds. The first-order valence-corrected chi connectivity index (χ1v) is 11.2. The summed E-state index contributed by atoms with van der Waals surface area (Å²) in [4.78, 5) is 19.3. The van der Waals surface area contributed by atoms with E-state index in [0.29, 0.717) is 25.2 Å². The molecule has 0 spiro atoms. The molecule has 28 heavy (non-hydrogen) atoms. The van der Waals surface area contributed by atoms with Crippen molar-refractivity contribution in [2.45, 2.75) is 37.6 Å². The van der Waals surface area contributed by atoms with Gasteiger partial charge in [0.1, 0.15) is 4.90 Å². The zero-order valence-corrected chi connectivity index (χ0v) is 17.6. The summed E-state index contributed by atoms with van der Waals surface area (Å²) in [7, 11) is -3.76. The van der Waals surface area contributed by atoms with E-state index in [9.17, 15) is 13.2 Å². The van der Waals surface area contributed by atoms with Crippen LogP contribution in [-0.4, -0.2) is 48.1 Å². The van der Waals surface area contributed by atoms with E-state index in [1.165, 1.54) is 16.4 Å². The van der Waals surface area contributed by atoms with Crippen LogP contribution < -0.4 is 0 Å². The van der Waals surface area contributed by atoms with Crippen molar-refractivity contribution >= 4 is 27.5 Å². The molecule has 150 valence electrons. The number of benzene rings is 1. The third kappa shape index (κ3) is 3.92. The van der Waals surface area contributed by atoms with Crippen LogP contribution in [-0.2, 0) is 10.0 Å². The van der Waals surface area contributed by atoms with E-state index in [1.807, 2.05) is 18.2 Å². The Morgan fingerprint density at radius 1 is 1.25 bits per heavy atom. The fourth-order valence-corrected chi connectivity index (χ4v) is 5.55. The SMILES string of the molecule is CCN(CC)S(=O)(=O)c1cc(C(=O)N2CCCC2c2ccccn2)ccc1Cl. The quantitative estimate of drug-likeness (QED) is 0.712. The van der Waals surface area contributed by atoms with E-state index in [0.717, 1.165) is 18.5 Å². The van der Waals surface area contributed by atoms with Gasteiger partial charge in [-0.3, -0.25) is 9.78 Å². The number of hydrogen-bond acceptors (Lipinski definition) is 4. The molecule has 0 bridgehead atoms. The number of pyridine rings is 1. The number of rotatable bonds is 6. The first-order chi connectivity index (χ1) is 13.4. The molecule has 2 aromatic rings. The molecule has 0 radical (unpaired) electrons. The average Bonchev–Trinajstić information content (AvgIpc) is 3.19. The van der Waals surface area contributed by atoms with E-state index in [2.05, 4.69) is 4.98 Å². The third-order valence-electron chi connectivity index (χ3n) is 5.04. The number of halogens is 1. The van der Waals surface area contributed by atoms with Crippen LogP contribution in [0.5, 0.6) is 0 Å². The zero-order valence-electron chi connectivity index (χ0n) is 16.0. The molecule has 0 aliphatic carbocycles. The van der Waals surface area contributed by atoms with Crippen LogP contribution in [0.25, 0.3) is 0 Å². The molecule has 1 unspecified atom stereocenters. The van der Waals surface area contributed by atoms with Crippen LogP contribution in [0.2, 0.25) is 5.02 Å². The molecule has 1 atom stereocenters. The minimum absolute atomic E-state index is 0.0303. The van der Waals surface area contributed by atoms with Crippen LogP contribution in [0.3, 0.4) is 0 Å². The van der Waals surface area contributed by atoms with Crippen molar-refractivity contribution in [2.24, 2.45) is 0 Å². The van der Waals surface area contributed by atoms with Gasteiger partial charge in [0.25, 0.3) is 5.91 Å². The number of carbonyl (C=O) groups is 1. The van der Waals surface area contributed by atoms with Crippen molar-refractivity contribution in [3.05, 3.63) is 58.9 Å². The maximum Gasteiger partial charge on any atom is 0.254 e. The lowest BCUT2D eigenvalue weighted by atomic mass is 10.1. The normalized spacial score (nSPS) is 17.3. The van der Waals surface area contributed by atoms with Crippen LogP contribution >= 0.6 is 11.6 Å². The van der Waals surface area contributed by atoms with Crippen molar-refractivity contribution in [1.82, 2.24) is 14.2 Å². The highest BCUT2D eigenvalue weighted by atomic mass is 35.5. The predicted octanol–water partition coefficient (Wildman–Crippen LogP) is 3.74. The number of sulfonamides is 1. The van der Waals surface area contributed by atoms with Gasteiger partial charge in [-0.05, 0) is 43.2 Å². The molecule has 0 saturated carbocycles. The van der Waals surface area contributed by atoms with Gasteiger partial charge in [0.05, 0.1) is 16.8 Å². The molecule has 1 aliphatic rings. The number of nitrogens with zero attached hydrogens (tertiary/aromatic N) is 3. The first kappa shape index (κ1) is 20.8.